The zero-order valence-electron chi connectivity index (χ0n) is 16.6. The summed E-state index contributed by atoms with van der Waals surface area (Å²) in [5.74, 6) is -0.108. The van der Waals surface area contributed by atoms with Gasteiger partial charge >= 0.3 is 6.09 Å². The van der Waals surface area contributed by atoms with Crippen LogP contribution in [-0.2, 0) is 11.2 Å². The van der Waals surface area contributed by atoms with Crippen LogP contribution in [0.3, 0.4) is 0 Å². The second kappa shape index (κ2) is 10.1. The van der Waals surface area contributed by atoms with E-state index < -0.39 is 11.5 Å². The molecule has 0 aliphatic heterocycles. The molecule has 158 valence electrons. The van der Waals surface area contributed by atoms with Crippen molar-refractivity contribution < 1.29 is 14.3 Å². The van der Waals surface area contributed by atoms with Crippen molar-refractivity contribution in [2.45, 2.75) is 11.8 Å². The van der Waals surface area contributed by atoms with Gasteiger partial charge in [0.05, 0.1) is 18.2 Å². The van der Waals surface area contributed by atoms with Crippen molar-refractivity contribution in [1.82, 2.24) is 5.32 Å². The Morgan fingerprint density at radius 1 is 1.19 bits per heavy atom. The molecule has 0 spiro atoms. The number of allylic oxidation sites excluding steroid dienone is 4. The first kappa shape index (κ1) is 22.4. The van der Waals surface area contributed by atoms with Gasteiger partial charge in [0, 0.05) is 16.8 Å². The van der Waals surface area contributed by atoms with Gasteiger partial charge < -0.3 is 15.5 Å². The van der Waals surface area contributed by atoms with E-state index in [1.165, 1.54) is 7.11 Å². The number of rotatable bonds is 5. The molecule has 1 amide bonds. The topological polar surface area (TPSA) is 91.3 Å². The lowest BCUT2D eigenvalue weighted by Gasteiger charge is -2.16. The number of nitrogens with one attached hydrogen (secondary N) is 3. The number of hydrogen-bond donors (Lipinski definition) is 3. The van der Waals surface area contributed by atoms with Crippen LogP contribution < -0.4 is 10.6 Å². The number of anilines is 1. The molecule has 6 nitrogen and oxygen atoms in total. The number of benzene rings is 2. The molecule has 8 heteroatoms. The predicted molar refractivity (Wildman–Crippen MR) is 126 cm³/mol. The lowest BCUT2D eigenvalue weighted by atomic mass is 9.91. The Hall–Kier alpha value is -3.29. The molecule has 1 atom stereocenters. The molecule has 0 aromatic heterocycles. The van der Waals surface area contributed by atoms with Crippen LogP contribution in [0, 0.1) is 5.41 Å². The summed E-state index contributed by atoms with van der Waals surface area (Å²) in [5.41, 5.74) is 3.62. The quantitative estimate of drug-likeness (QED) is 0.348. The summed E-state index contributed by atoms with van der Waals surface area (Å²) in [4.78, 5) is 24.5. The standard InChI is InChI=1S/C23H20ClN3O3S/c1-30-23(29)27-22(31)26-17-8-9-18(21(28)15-5-3-2-4-6-15)16(13-17)11-14-7-10-19(24)20(25)12-14/h2-10,12-13,19,25H,11H2,1H3,(H2,26,27,29,31). The first-order valence-corrected chi connectivity index (χ1v) is 10.2. The van der Waals surface area contributed by atoms with Crippen molar-refractivity contribution in [3.63, 3.8) is 0 Å². The number of ketones is 1. The molecule has 31 heavy (non-hydrogen) atoms. The summed E-state index contributed by atoms with van der Waals surface area (Å²) in [6.45, 7) is 0. The Bertz CT molecular complexity index is 1100. The average molecular weight is 454 g/mol. The molecule has 1 aliphatic carbocycles. The first-order valence-electron chi connectivity index (χ1n) is 9.37. The average Bonchev–Trinajstić information content (AvgIpc) is 2.76. The molecule has 3 rings (SSSR count). The third kappa shape index (κ3) is 5.87. The number of hydrogen-bond acceptors (Lipinski definition) is 5. The van der Waals surface area contributed by atoms with Crippen LogP contribution in [-0.4, -0.2) is 35.2 Å². The molecule has 3 N–H and O–H groups in total. The van der Waals surface area contributed by atoms with Crippen molar-refractivity contribution >= 4 is 52.2 Å². The molecular weight excluding hydrogens is 434 g/mol. The van der Waals surface area contributed by atoms with E-state index in [4.69, 9.17) is 29.2 Å². The van der Waals surface area contributed by atoms with Crippen LogP contribution in [0.15, 0.2) is 72.3 Å². The van der Waals surface area contributed by atoms with Gasteiger partial charge in [-0.15, -0.1) is 11.6 Å². The van der Waals surface area contributed by atoms with Crippen LogP contribution in [0.5, 0.6) is 0 Å². The number of carbonyl (C=O) groups is 2. The maximum absolute atomic E-state index is 13.1. The van der Waals surface area contributed by atoms with Gasteiger partial charge in [0.25, 0.3) is 0 Å². The van der Waals surface area contributed by atoms with Crippen LogP contribution in [0.25, 0.3) is 0 Å². The number of alkyl halides is 1. The summed E-state index contributed by atoms with van der Waals surface area (Å²) < 4.78 is 4.53. The van der Waals surface area contributed by atoms with Gasteiger partial charge in [-0.25, -0.2) is 4.79 Å². The largest absolute Gasteiger partial charge is 0.453 e. The molecule has 0 heterocycles. The van der Waals surface area contributed by atoms with Crippen molar-refractivity contribution in [3.8, 4) is 0 Å². The third-order valence-electron chi connectivity index (χ3n) is 4.56. The van der Waals surface area contributed by atoms with Crippen molar-refractivity contribution in [1.29, 1.82) is 5.41 Å². The molecule has 0 saturated carbocycles. The summed E-state index contributed by atoms with van der Waals surface area (Å²) in [6.07, 6.45) is 5.05. The van der Waals surface area contributed by atoms with Gasteiger partial charge in [-0.3, -0.25) is 10.1 Å². The Morgan fingerprint density at radius 3 is 2.61 bits per heavy atom. The number of alkyl carbamates (subject to hydrolysis) is 1. The number of ether oxygens (including phenoxy) is 1. The maximum Gasteiger partial charge on any atom is 0.413 e. The molecule has 0 radical (unpaired) electrons. The van der Waals surface area contributed by atoms with E-state index in [2.05, 4.69) is 15.4 Å². The number of amides is 1. The lowest BCUT2D eigenvalue weighted by Crippen LogP contribution is -2.33. The highest BCUT2D eigenvalue weighted by atomic mass is 35.5. The lowest BCUT2D eigenvalue weighted by molar-refractivity contribution is 0.103. The van der Waals surface area contributed by atoms with Gasteiger partial charge in [0.15, 0.2) is 10.9 Å². The second-order valence-electron chi connectivity index (χ2n) is 6.75. The molecule has 1 unspecified atom stereocenters. The number of carbonyl (C=O) groups excluding carboxylic acids is 2. The first-order chi connectivity index (χ1) is 14.9. The molecule has 1 aliphatic rings. The highest BCUT2D eigenvalue weighted by molar-refractivity contribution is 7.80. The molecule has 2 aromatic rings. The fourth-order valence-corrected chi connectivity index (χ4v) is 3.40. The van der Waals surface area contributed by atoms with E-state index >= 15 is 0 Å². The third-order valence-corrected chi connectivity index (χ3v) is 5.14. The number of methoxy groups -OCH3 is 1. The monoisotopic (exact) mass is 453 g/mol. The van der Waals surface area contributed by atoms with E-state index in [9.17, 15) is 9.59 Å². The van der Waals surface area contributed by atoms with Gasteiger partial charge in [0.2, 0.25) is 0 Å². The Labute approximate surface area is 190 Å². The molecule has 0 fully saturated rings. The van der Waals surface area contributed by atoms with Gasteiger partial charge in [0.1, 0.15) is 0 Å². The zero-order chi connectivity index (χ0) is 22.4. The summed E-state index contributed by atoms with van der Waals surface area (Å²) in [5, 5.41) is 12.9. The smallest absolute Gasteiger partial charge is 0.413 e. The van der Waals surface area contributed by atoms with Crippen LogP contribution in [0.1, 0.15) is 21.5 Å². The Morgan fingerprint density at radius 2 is 1.94 bits per heavy atom. The number of halogens is 1. The minimum atomic E-state index is -0.680. The van der Waals surface area contributed by atoms with E-state index in [0.29, 0.717) is 28.9 Å². The van der Waals surface area contributed by atoms with E-state index in [1.54, 1.807) is 42.5 Å². The maximum atomic E-state index is 13.1. The molecule has 0 bridgehead atoms. The zero-order valence-corrected chi connectivity index (χ0v) is 18.2. The van der Waals surface area contributed by atoms with Crippen LogP contribution >= 0.6 is 23.8 Å². The SMILES string of the molecule is COC(=O)NC(=S)Nc1ccc(C(=O)c2ccccc2)c(CC2=CC(=N)C(Cl)C=C2)c1. The number of thiocarbonyl (C=S) groups is 1. The molecular formula is C23H20ClN3O3S. The fourth-order valence-electron chi connectivity index (χ4n) is 3.06. The van der Waals surface area contributed by atoms with Crippen molar-refractivity contribution in [3.05, 3.63) is 89.0 Å². The van der Waals surface area contributed by atoms with Gasteiger partial charge in [-0.2, -0.15) is 0 Å². The second-order valence-corrected chi connectivity index (χ2v) is 7.63. The van der Waals surface area contributed by atoms with E-state index in [0.717, 1.165) is 11.1 Å². The summed E-state index contributed by atoms with van der Waals surface area (Å²) >= 11 is 11.2. The van der Waals surface area contributed by atoms with Gasteiger partial charge in [-0.05, 0) is 54.1 Å². The predicted octanol–water partition coefficient (Wildman–Crippen LogP) is 4.64. The van der Waals surface area contributed by atoms with Crippen LogP contribution in [0.4, 0.5) is 10.5 Å². The van der Waals surface area contributed by atoms with Gasteiger partial charge in [-0.1, -0.05) is 42.5 Å². The Balaban J connectivity index is 1.93. The molecule has 2 aromatic carbocycles. The van der Waals surface area contributed by atoms with E-state index in [1.807, 2.05) is 24.3 Å². The molecule has 0 saturated heterocycles. The van der Waals surface area contributed by atoms with Crippen molar-refractivity contribution in [2.75, 3.05) is 12.4 Å². The highest BCUT2D eigenvalue weighted by Crippen LogP contribution is 2.24. The van der Waals surface area contributed by atoms with Crippen molar-refractivity contribution in [2.24, 2.45) is 0 Å². The van der Waals surface area contributed by atoms with Crippen LogP contribution in [0.2, 0.25) is 0 Å². The minimum absolute atomic E-state index is 0.0727. The fraction of sp³-hybridized carbons (Fsp3) is 0.130. The Kier molecular flexibility index (Phi) is 7.33. The summed E-state index contributed by atoms with van der Waals surface area (Å²) in [7, 11) is 1.24. The van der Waals surface area contributed by atoms with E-state index in [-0.39, 0.29) is 10.9 Å². The summed E-state index contributed by atoms with van der Waals surface area (Å²) in [6, 6.07) is 14.2. The minimum Gasteiger partial charge on any atom is -0.453 e. The highest BCUT2D eigenvalue weighted by Gasteiger charge is 2.17. The normalized spacial score (nSPS) is 15.1.